The predicted molar refractivity (Wildman–Crippen MR) is 96.4 cm³/mol. The molecule has 26 heavy (non-hydrogen) atoms. The fourth-order valence-corrected chi connectivity index (χ4v) is 3.55. The van der Waals surface area contributed by atoms with Gasteiger partial charge in [-0.1, -0.05) is 25.1 Å². The van der Waals surface area contributed by atoms with Crippen LogP contribution < -0.4 is 0 Å². The van der Waals surface area contributed by atoms with Crippen molar-refractivity contribution in [2.75, 3.05) is 19.8 Å². The van der Waals surface area contributed by atoms with Gasteiger partial charge in [-0.15, -0.1) is 0 Å². The Morgan fingerprint density at radius 1 is 1.08 bits per heavy atom. The highest BCUT2D eigenvalue weighted by Gasteiger charge is 2.43. The first kappa shape index (κ1) is 19.9. The highest BCUT2D eigenvalue weighted by Crippen LogP contribution is 2.31. The number of hydrogen-bond acceptors (Lipinski definition) is 5. The second-order valence-electron chi connectivity index (χ2n) is 6.42. The van der Waals surface area contributed by atoms with Crippen molar-refractivity contribution in [2.45, 2.75) is 39.7 Å². The van der Waals surface area contributed by atoms with Crippen LogP contribution in [0.1, 0.15) is 44.0 Å². The quantitative estimate of drug-likeness (QED) is 0.551. The Kier molecular flexibility index (Phi) is 7.18. The van der Waals surface area contributed by atoms with Crippen LogP contribution in [0.5, 0.6) is 0 Å². The van der Waals surface area contributed by atoms with E-state index in [0.717, 1.165) is 12.8 Å². The smallest absolute Gasteiger partial charge is 0.320 e. The van der Waals surface area contributed by atoms with Gasteiger partial charge in [0.1, 0.15) is 0 Å². The average Bonchev–Trinajstić information content (AvgIpc) is 3.12. The van der Waals surface area contributed by atoms with Crippen LogP contribution in [0.4, 0.5) is 0 Å². The molecular weight excluding hydrogens is 334 g/mol. The minimum Gasteiger partial charge on any atom is -0.465 e. The van der Waals surface area contributed by atoms with Gasteiger partial charge in [-0.3, -0.25) is 14.4 Å². The number of likely N-dealkylation sites (tertiary alicyclic amines) is 1. The molecule has 6 heteroatoms. The number of ether oxygens (including phenoxy) is 2. The van der Waals surface area contributed by atoms with Crippen molar-refractivity contribution in [3.8, 4) is 0 Å². The van der Waals surface area contributed by atoms with Crippen LogP contribution in [0.25, 0.3) is 0 Å². The number of nitrogens with zero attached hydrogens (tertiary/aromatic N) is 1. The molecule has 1 amide bonds. The molecule has 0 aromatic heterocycles. The summed E-state index contributed by atoms with van der Waals surface area (Å²) in [4.78, 5) is 39.4. The van der Waals surface area contributed by atoms with E-state index in [0.29, 0.717) is 12.1 Å². The molecule has 142 valence electrons. The number of benzene rings is 1. The molecule has 0 radical (unpaired) electrons. The maximum absolute atomic E-state index is 12.9. The summed E-state index contributed by atoms with van der Waals surface area (Å²) in [7, 11) is 0. The van der Waals surface area contributed by atoms with Crippen LogP contribution >= 0.6 is 0 Å². The first-order chi connectivity index (χ1) is 12.5. The molecule has 0 aliphatic carbocycles. The monoisotopic (exact) mass is 361 g/mol. The second kappa shape index (κ2) is 9.36. The van der Waals surface area contributed by atoms with Gasteiger partial charge >= 0.3 is 11.9 Å². The fourth-order valence-electron chi connectivity index (χ4n) is 3.55. The number of carbonyl (C=O) groups excluding carboxylic acids is 3. The lowest BCUT2D eigenvalue weighted by Gasteiger charge is -2.32. The summed E-state index contributed by atoms with van der Waals surface area (Å²) >= 11 is 0. The molecule has 1 aromatic rings. The van der Waals surface area contributed by atoms with Crippen LogP contribution in [-0.4, -0.2) is 48.5 Å². The molecule has 2 unspecified atom stereocenters. The molecular formula is C20H27NO5. The molecule has 1 heterocycles. The first-order valence-corrected chi connectivity index (χ1v) is 9.20. The third-order valence-corrected chi connectivity index (χ3v) is 4.79. The third kappa shape index (κ3) is 4.42. The van der Waals surface area contributed by atoms with Gasteiger partial charge in [0.15, 0.2) is 5.92 Å². The van der Waals surface area contributed by atoms with E-state index in [-0.39, 0.29) is 31.1 Å². The Morgan fingerprint density at radius 2 is 1.65 bits per heavy atom. The van der Waals surface area contributed by atoms with Crippen molar-refractivity contribution in [3.05, 3.63) is 35.9 Å². The van der Waals surface area contributed by atoms with E-state index in [1.54, 1.807) is 30.9 Å². The summed E-state index contributed by atoms with van der Waals surface area (Å²) in [6.07, 6.45) is 1.58. The number of esters is 2. The maximum Gasteiger partial charge on any atom is 0.320 e. The summed E-state index contributed by atoms with van der Waals surface area (Å²) in [5, 5.41) is 0. The van der Waals surface area contributed by atoms with Gasteiger partial charge < -0.3 is 14.4 Å². The van der Waals surface area contributed by atoms with Crippen LogP contribution in [-0.2, 0) is 19.1 Å². The number of rotatable bonds is 7. The average molecular weight is 361 g/mol. The Hall–Kier alpha value is -2.37. The van der Waals surface area contributed by atoms with E-state index in [4.69, 9.17) is 9.47 Å². The topological polar surface area (TPSA) is 72.9 Å². The van der Waals surface area contributed by atoms with E-state index in [1.165, 1.54) is 0 Å². The molecule has 0 N–H and O–H groups in total. The fraction of sp³-hybridized carbons (Fsp3) is 0.550. The van der Waals surface area contributed by atoms with Crippen LogP contribution in [0.3, 0.4) is 0 Å². The lowest BCUT2D eigenvalue weighted by Crippen LogP contribution is -2.46. The summed E-state index contributed by atoms with van der Waals surface area (Å²) in [6.45, 7) is 6.22. The normalized spacial score (nSPS) is 17.8. The first-order valence-electron chi connectivity index (χ1n) is 9.20. The van der Waals surface area contributed by atoms with Crippen LogP contribution in [0, 0.1) is 11.8 Å². The molecule has 0 saturated carbocycles. The SMILES string of the molecule is CCOC(=O)C(C(=O)OCC)C(C)C1CCCN1C(=O)c1ccccc1. The van der Waals surface area contributed by atoms with Crippen molar-refractivity contribution >= 4 is 17.8 Å². The van der Waals surface area contributed by atoms with Gasteiger partial charge in [0.05, 0.1) is 13.2 Å². The van der Waals surface area contributed by atoms with E-state index in [2.05, 4.69) is 0 Å². The molecule has 2 rings (SSSR count). The molecule has 1 saturated heterocycles. The van der Waals surface area contributed by atoms with Gasteiger partial charge in [0.2, 0.25) is 0 Å². The zero-order chi connectivity index (χ0) is 19.1. The summed E-state index contributed by atoms with van der Waals surface area (Å²) < 4.78 is 10.2. The molecule has 1 aliphatic heterocycles. The molecule has 0 spiro atoms. The molecule has 1 aromatic carbocycles. The van der Waals surface area contributed by atoms with Crippen LogP contribution in [0.2, 0.25) is 0 Å². The van der Waals surface area contributed by atoms with Gasteiger partial charge in [0, 0.05) is 24.1 Å². The van der Waals surface area contributed by atoms with E-state index in [9.17, 15) is 14.4 Å². The number of hydrogen-bond donors (Lipinski definition) is 0. The van der Waals surface area contributed by atoms with Gasteiger partial charge in [-0.2, -0.15) is 0 Å². The van der Waals surface area contributed by atoms with Gasteiger partial charge in [-0.05, 0) is 38.8 Å². The zero-order valence-electron chi connectivity index (χ0n) is 15.6. The molecule has 1 fully saturated rings. The van der Waals surface area contributed by atoms with Crippen molar-refractivity contribution in [3.63, 3.8) is 0 Å². The Labute approximate surface area is 154 Å². The minimum absolute atomic E-state index is 0.0774. The van der Waals surface area contributed by atoms with Gasteiger partial charge in [0.25, 0.3) is 5.91 Å². The largest absolute Gasteiger partial charge is 0.465 e. The molecule has 1 aliphatic rings. The van der Waals surface area contributed by atoms with Gasteiger partial charge in [-0.25, -0.2) is 0 Å². The standard InChI is InChI=1S/C20H27NO5/c1-4-25-19(23)17(20(24)26-5-2)14(3)16-12-9-13-21(16)18(22)15-10-7-6-8-11-15/h6-8,10-11,14,16-17H,4-5,9,12-13H2,1-3H3. The number of amides is 1. The van der Waals surface area contributed by atoms with Crippen molar-refractivity contribution in [2.24, 2.45) is 11.8 Å². The highest BCUT2D eigenvalue weighted by molar-refractivity contribution is 5.96. The predicted octanol–water partition coefficient (Wildman–Crippen LogP) is 2.67. The third-order valence-electron chi connectivity index (χ3n) is 4.79. The Balaban J connectivity index is 2.22. The summed E-state index contributed by atoms with van der Waals surface area (Å²) in [6, 6.07) is 8.84. The summed E-state index contributed by atoms with van der Waals surface area (Å²) in [5.41, 5.74) is 0.607. The van der Waals surface area contributed by atoms with Crippen LogP contribution in [0.15, 0.2) is 30.3 Å². The Morgan fingerprint density at radius 3 is 2.19 bits per heavy atom. The Bertz CT molecular complexity index is 612. The molecule has 2 atom stereocenters. The zero-order valence-corrected chi connectivity index (χ0v) is 15.6. The van der Waals surface area contributed by atoms with Crippen molar-refractivity contribution in [1.82, 2.24) is 4.90 Å². The van der Waals surface area contributed by atoms with E-state index >= 15 is 0 Å². The lowest BCUT2D eigenvalue weighted by atomic mass is 9.86. The van der Waals surface area contributed by atoms with Crippen molar-refractivity contribution < 1.29 is 23.9 Å². The highest BCUT2D eigenvalue weighted by atomic mass is 16.6. The summed E-state index contributed by atoms with van der Waals surface area (Å²) in [5.74, 6) is -2.66. The van der Waals surface area contributed by atoms with E-state index in [1.807, 2.05) is 25.1 Å². The number of carbonyl (C=O) groups is 3. The second-order valence-corrected chi connectivity index (χ2v) is 6.42. The molecule has 6 nitrogen and oxygen atoms in total. The lowest BCUT2D eigenvalue weighted by molar-refractivity contribution is -0.165. The maximum atomic E-state index is 12.9. The minimum atomic E-state index is -1.02. The van der Waals surface area contributed by atoms with Crippen molar-refractivity contribution in [1.29, 1.82) is 0 Å². The van der Waals surface area contributed by atoms with E-state index < -0.39 is 17.9 Å². The molecule has 0 bridgehead atoms.